The summed E-state index contributed by atoms with van der Waals surface area (Å²) in [5, 5.41) is 0. The zero-order valence-electron chi connectivity index (χ0n) is 18.4. The molecule has 1 aliphatic rings. The molecule has 0 radical (unpaired) electrons. The molecular weight excluding hydrogens is 396 g/mol. The van der Waals surface area contributed by atoms with Crippen molar-refractivity contribution in [1.29, 1.82) is 0 Å². The van der Waals surface area contributed by atoms with Gasteiger partial charge in [-0.3, -0.25) is 14.5 Å². The van der Waals surface area contributed by atoms with E-state index in [-0.39, 0.29) is 18.4 Å². The Balaban J connectivity index is 2.14. The molecule has 2 amide bonds. The van der Waals surface area contributed by atoms with Gasteiger partial charge in [0.2, 0.25) is 0 Å². The maximum atomic E-state index is 13.5. The van der Waals surface area contributed by atoms with Crippen molar-refractivity contribution in [3.63, 3.8) is 0 Å². The fourth-order valence-electron chi connectivity index (χ4n) is 3.71. The first-order valence-electron chi connectivity index (χ1n) is 10.2. The maximum absolute atomic E-state index is 13.5. The van der Waals surface area contributed by atoms with E-state index in [0.29, 0.717) is 47.9 Å². The largest absolute Gasteiger partial charge is 0.493 e. The smallest absolute Gasteiger partial charge is 0.278 e. The van der Waals surface area contributed by atoms with E-state index < -0.39 is 0 Å². The zero-order chi connectivity index (χ0) is 22.4. The molecule has 164 valence electrons. The molecule has 0 spiro atoms. The Morgan fingerprint density at radius 1 is 0.903 bits per heavy atom. The lowest BCUT2D eigenvalue weighted by Gasteiger charge is -2.25. The van der Waals surface area contributed by atoms with Crippen LogP contribution in [-0.2, 0) is 14.3 Å². The van der Waals surface area contributed by atoms with Gasteiger partial charge in [-0.15, -0.1) is 0 Å². The predicted octanol–water partition coefficient (Wildman–Crippen LogP) is 3.35. The molecule has 0 unspecified atom stereocenters. The number of benzene rings is 2. The lowest BCUT2D eigenvalue weighted by Crippen LogP contribution is -2.36. The maximum Gasteiger partial charge on any atom is 0.278 e. The SMILES string of the molecule is CCN(C1=C(c2ccc(OC)c(OC)c2)C(=O)N(CCCOC)C1=O)c1ccccc1. The van der Waals surface area contributed by atoms with Crippen LogP contribution >= 0.6 is 0 Å². The zero-order valence-corrected chi connectivity index (χ0v) is 18.4. The van der Waals surface area contributed by atoms with E-state index in [1.165, 1.54) is 12.0 Å². The summed E-state index contributed by atoms with van der Waals surface area (Å²) in [7, 11) is 4.69. The summed E-state index contributed by atoms with van der Waals surface area (Å²) in [5.74, 6) is 0.416. The highest BCUT2D eigenvalue weighted by molar-refractivity contribution is 6.36. The van der Waals surface area contributed by atoms with Crippen molar-refractivity contribution in [2.24, 2.45) is 0 Å². The molecule has 0 saturated heterocycles. The van der Waals surface area contributed by atoms with Crippen LogP contribution in [-0.4, -0.2) is 57.7 Å². The fraction of sp³-hybridized carbons (Fsp3) is 0.333. The number of methoxy groups -OCH3 is 3. The number of imide groups is 1. The van der Waals surface area contributed by atoms with Crippen molar-refractivity contribution in [3.05, 3.63) is 59.8 Å². The van der Waals surface area contributed by atoms with Gasteiger partial charge in [-0.05, 0) is 43.2 Å². The lowest BCUT2D eigenvalue weighted by atomic mass is 10.0. The third kappa shape index (κ3) is 4.41. The molecule has 7 nitrogen and oxygen atoms in total. The summed E-state index contributed by atoms with van der Waals surface area (Å²) in [6, 6.07) is 14.8. The highest BCUT2D eigenvalue weighted by atomic mass is 16.5. The molecule has 31 heavy (non-hydrogen) atoms. The Bertz CT molecular complexity index is 971. The molecule has 0 N–H and O–H groups in total. The van der Waals surface area contributed by atoms with Crippen molar-refractivity contribution in [3.8, 4) is 11.5 Å². The Morgan fingerprint density at radius 2 is 1.61 bits per heavy atom. The minimum Gasteiger partial charge on any atom is -0.493 e. The summed E-state index contributed by atoms with van der Waals surface area (Å²) in [5.41, 5.74) is 2.17. The van der Waals surface area contributed by atoms with Crippen LogP contribution in [0.15, 0.2) is 54.2 Å². The minimum absolute atomic E-state index is 0.290. The molecule has 0 aromatic heterocycles. The fourth-order valence-corrected chi connectivity index (χ4v) is 3.71. The number of amides is 2. The van der Waals surface area contributed by atoms with Crippen molar-refractivity contribution in [2.45, 2.75) is 13.3 Å². The number of likely N-dealkylation sites (N-methyl/N-ethyl adjacent to an activating group) is 1. The first-order valence-corrected chi connectivity index (χ1v) is 10.2. The van der Waals surface area contributed by atoms with Gasteiger partial charge in [0, 0.05) is 32.5 Å². The number of anilines is 1. The minimum atomic E-state index is -0.322. The third-order valence-corrected chi connectivity index (χ3v) is 5.20. The predicted molar refractivity (Wildman–Crippen MR) is 119 cm³/mol. The van der Waals surface area contributed by atoms with E-state index in [0.717, 1.165) is 5.69 Å². The van der Waals surface area contributed by atoms with Crippen LogP contribution in [0.1, 0.15) is 18.9 Å². The van der Waals surface area contributed by atoms with Crippen LogP contribution in [0.25, 0.3) is 5.57 Å². The Morgan fingerprint density at radius 3 is 2.23 bits per heavy atom. The molecular formula is C24H28N2O5. The lowest BCUT2D eigenvalue weighted by molar-refractivity contribution is -0.137. The molecule has 2 aromatic rings. The molecule has 0 fully saturated rings. The van der Waals surface area contributed by atoms with Crippen LogP contribution in [0.5, 0.6) is 11.5 Å². The van der Waals surface area contributed by atoms with E-state index in [9.17, 15) is 9.59 Å². The summed E-state index contributed by atoms with van der Waals surface area (Å²) in [6.07, 6.45) is 0.567. The normalized spacial score (nSPS) is 13.7. The number of rotatable bonds is 10. The van der Waals surface area contributed by atoms with Crippen LogP contribution in [0.4, 0.5) is 5.69 Å². The van der Waals surface area contributed by atoms with E-state index in [1.54, 1.807) is 32.4 Å². The molecule has 0 bridgehead atoms. The standard InChI is InChI=1S/C24H28N2O5/c1-5-25(18-10-7-6-8-11-18)22-21(17-12-13-19(30-3)20(16-17)31-4)23(27)26(24(22)28)14-9-15-29-2/h6-8,10-13,16H,5,9,14-15H2,1-4H3. The second-order valence-corrected chi connectivity index (χ2v) is 6.98. The van der Waals surface area contributed by atoms with Crippen molar-refractivity contribution >= 4 is 23.1 Å². The van der Waals surface area contributed by atoms with Crippen LogP contribution in [0.3, 0.4) is 0 Å². The summed E-state index contributed by atoms with van der Waals surface area (Å²) in [6.45, 7) is 3.24. The Hall–Kier alpha value is -3.32. The van der Waals surface area contributed by atoms with E-state index in [4.69, 9.17) is 14.2 Å². The molecule has 2 aromatic carbocycles. The molecule has 7 heteroatoms. The van der Waals surface area contributed by atoms with E-state index >= 15 is 0 Å². The van der Waals surface area contributed by atoms with Gasteiger partial charge >= 0.3 is 0 Å². The van der Waals surface area contributed by atoms with Gasteiger partial charge in [-0.1, -0.05) is 24.3 Å². The number of ether oxygens (including phenoxy) is 3. The van der Waals surface area contributed by atoms with Crippen molar-refractivity contribution in [2.75, 3.05) is 45.9 Å². The first kappa shape index (κ1) is 22.4. The summed E-state index contributed by atoms with van der Waals surface area (Å²) >= 11 is 0. The van der Waals surface area contributed by atoms with Gasteiger partial charge in [-0.2, -0.15) is 0 Å². The van der Waals surface area contributed by atoms with Crippen LogP contribution in [0, 0.1) is 0 Å². The quantitative estimate of drug-likeness (QED) is 0.430. The Labute approximate surface area is 182 Å². The van der Waals surface area contributed by atoms with Crippen LogP contribution in [0.2, 0.25) is 0 Å². The highest BCUT2D eigenvalue weighted by Gasteiger charge is 2.41. The van der Waals surface area contributed by atoms with Gasteiger partial charge in [0.05, 0.1) is 19.8 Å². The summed E-state index contributed by atoms with van der Waals surface area (Å²) < 4.78 is 15.8. The topological polar surface area (TPSA) is 68.3 Å². The van der Waals surface area contributed by atoms with Crippen molar-refractivity contribution < 1.29 is 23.8 Å². The number of hydrogen-bond donors (Lipinski definition) is 0. The third-order valence-electron chi connectivity index (χ3n) is 5.20. The summed E-state index contributed by atoms with van der Waals surface area (Å²) in [4.78, 5) is 30.1. The van der Waals surface area contributed by atoms with Crippen molar-refractivity contribution in [1.82, 2.24) is 4.90 Å². The van der Waals surface area contributed by atoms with Gasteiger partial charge < -0.3 is 19.1 Å². The number of carbonyl (C=O) groups is 2. The molecule has 1 heterocycles. The van der Waals surface area contributed by atoms with E-state index in [2.05, 4.69) is 0 Å². The van der Waals surface area contributed by atoms with Gasteiger partial charge in [0.25, 0.3) is 11.8 Å². The first-order chi connectivity index (χ1) is 15.1. The second-order valence-electron chi connectivity index (χ2n) is 6.98. The van der Waals surface area contributed by atoms with Gasteiger partial charge in [0.15, 0.2) is 11.5 Å². The van der Waals surface area contributed by atoms with Gasteiger partial charge in [0.1, 0.15) is 5.70 Å². The monoisotopic (exact) mass is 424 g/mol. The molecule has 0 aliphatic carbocycles. The average molecular weight is 424 g/mol. The number of carbonyl (C=O) groups excluding carboxylic acids is 2. The molecule has 3 rings (SSSR count). The second kappa shape index (κ2) is 10.1. The van der Waals surface area contributed by atoms with E-state index in [1.807, 2.05) is 42.2 Å². The molecule has 0 atom stereocenters. The van der Waals surface area contributed by atoms with Gasteiger partial charge in [-0.25, -0.2) is 0 Å². The van der Waals surface area contributed by atoms with Crippen LogP contribution < -0.4 is 14.4 Å². The number of nitrogens with zero attached hydrogens (tertiary/aromatic N) is 2. The highest BCUT2D eigenvalue weighted by Crippen LogP contribution is 2.37. The molecule has 1 aliphatic heterocycles. The average Bonchev–Trinajstić information content (AvgIpc) is 3.05. The molecule has 0 saturated carbocycles. The number of hydrogen-bond acceptors (Lipinski definition) is 6. The Kier molecular flexibility index (Phi) is 7.31. The number of para-hydroxylation sites is 1.